The molecule has 0 fully saturated rings. The van der Waals surface area contributed by atoms with Crippen LogP contribution in [-0.4, -0.2) is 30.4 Å². The van der Waals surface area contributed by atoms with Gasteiger partial charge in [0.05, 0.1) is 12.1 Å². The van der Waals surface area contributed by atoms with Crippen LogP contribution in [0.15, 0.2) is 36.4 Å². The van der Waals surface area contributed by atoms with Crippen molar-refractivity contribution in [1.82, 2.24) is 4.98 Å². The van der Waals surface area contributed by atoms with E-state index in [1.165, 1.54) is 4.90 Å². The molecule has 0 amide bonds. The van der Waals surface area contributed by atoms with Gasteiger partial charge in [-0.05, 0) is 18.2 Å². The number of hydrogen-bond donors (Lipinski definition) is 0. The third-order valence-electron chi connectivity index (χ3n) is 2.62. The van der Waals surface area contributed by atoms with Crippen molar-refractivity contribution in [2.45, 2.75) is 6.43 Å². The Balaban J connectivity index is 2.31. The summed E-state index contributed by atoms with van der Waals surface area (Å²) in [6.07, 6.45) is -2.40. The molecule has 0 unspecified atom stereocenters. The summed E-state index contributed by atoms with van der Waals surface area (Å²) in [6, 6.07) is 11.2. The number of anilines is 1. The van der Waals surface area contributed by atoms with Gasteiger partial charge in [-0.2, -0.15) is 0 Å². The number of rotatable bonds is 5. The first-order valence-electron chi connectivity index (χ1n) is 5.65. The normalized spacial score (nSPS) is 11.1. The van der Waals surface area contributed by atoms with Crippen molar-refractivity contribution in [1.29, 1.82) is 0 Å². The van der Waals surface area contributed by atoms with E-state index in [9.17, 15) is 8.78 Å². The Morgan fingerprint density at radius 1 is 1.17 bits per heavy atom. The van der Waals surface area contributed by atoms with Crippen LogP contribution in [0.2, 0.25) is 0 Å². The van der Waals surface area contributed by atoms with Gasteiger partial charge in [0.1, 0.15) is 5.82 Å². The van der Waals surface area contributed by atoms with Crippen LogP contribution in [0, 0.1) is 0 Å². The summed E-state index contributed by atoms with van der Waals surface area (Å²) in [7, 11) is 0. The number of aromatic nitrogens is 1. The third-order valence-corrected chi connectivity index (χ3v) is 2.79. The molecule has 0 bridgehead atoms. The Bertz CT molecular complexity index is 519. The highest BCUT2D eigenvalue weighted by molar-refractivity contribution is 6.18. The molecule has 0 aliphatic heterocycles. The van der Waals surface area contributed by atoms with Crippen molar-refractivity contribution in [2.24, 2.45) is 0 Å². The van der Waals surface area contributed by atoms with Gasteiger partial charge in [-0.3, -0.25) is 0 Å². The topological polar surface area (TPSA) is 16.1 Å². The van der Waals surface area contributed by atoms with Crippen LogP contribution in [0.4, 0.5) is 14.6 Å². The maximum Gasteiger partial charge on any atom is 0.255 e. The summed E-state index contributed by atoms with van der Waals surface area (Å²) in [5.41, 5.74) is 0.795. The van der Waals surface area contributed by atoms with Crippen molar-refractivity contribution in [3.05, 3.63) is 36.4 Å². The molecule has 0 atom stereocenters. The van der Waals surface area contributed by atoms with Gasteiger partial charge >= 0.3 is 0 Å². The molecule has 2 aromatic rings. The fraction of sp³-hybridized carbons (Fsp3) is 0.308. The largest absolute Gasteiger partial charge is 0.350 e. The molecule has 1 heterocycles. The Hall–Kier alpha value is -1.42. The molecule has 5 heteroatoms. The number of alkyl halides is 3. The number of halogens is 3. The molecular weight excluding hydrogens is 258 g/mol. The maximum atomic E-state index is 12.5. The van der Waals surface area contributed by atoms with E-state index in [1.54, 1.807) is 6.07 Å². The Labute approximate surface area is 109 Å². The van der Waals surface area contributed by atoms with Crippen LogP contribution in [0.3, 0.4) is 0 Å². The molecule has 2 nitrogen and oxygen atoms in total. The minimum Gasteiger partial charge on any atom is -0.350 e. The predicted octanol–water partition coefficient (Wildman–Crippen LogP) is 3.55. The molecule has 2 rings (SSSR count). The quantitative estimate of drug-likeness (QED) is 0.773. The van der Waals surface area contributed by atoms with Crippen molar-refractivity contribution in [2.75, 3.05) is 23.9 Å². The summed E-state index contributed by atoms with van der Waals surface area (Å²) >= 11 is 5.63. The van der Waals surface area contributed by atoms with Gasteiger partial charge in [-0.1, -0.05) is 18.2 Å². The minimum absolute atomic E-state index is 0.293. The van der Waals surface area contributed by atoms with Gasteiger partial charge < -0.3 is 4.90 Å². The minimum atomic E-state index is -2.40. The first kappa shape index (κ1) is 13.0. The van der Waals surface area contributed by atoms with E-state index in [-0.39, 0.29) is 6.54 Å². The smallest absolute Gasteiger partial charge is 0.255 e. The van der Waals surface area contributed by atoms with Crippen LogP contribution in [0.5, 0.6) is 0 Å². The molecule has 18 heavy (non-hydrogen) atoms. The van der Waals surface area contributed by atoms with Crippen molar-refractivity contribution < 1.29 is 8.78 Å². The molecule has 1 aromatic carbocycles. The lowest BCUT2D eigenvalue weighted by Crippen LogP contribution is -2.31. The van der Waals surface area contributed by atoms with Crippen LogP contribution >= 0.6 is 11.6 Å². The maximum absolute atomic E-state index is 12.5. The lowest BCUT2D eigenvalue weighted by Gasteiger charge is -2.22. The van der Waals surface area contributed by atoms with E-state index < -0.39 is 6.43 Å². The fourth-order valence-corrected chi connectivity index (χ4v) is 2.00. The van der Waals surface area contributed by atoms with E-state index in [1.807, 2.05) is 30.3 Å². The lowest BCUT2D eigenvalue weighted by molar-refractivity contribution is 0.155. The van der Waals surface area contributed by atoms with Crippen LogP contribution < -0.4 is 4.90 Å². The Morgan fingerprint density at radius 3 is 2.67 bits per heavy atom. The zero-order valence-corrected chi connectivity index (χ0v) is 10.4. The van der Waals surface area contributed by atoms with Gasteiger partial charge in [-0.25, -0.2) is 13.8 Å². The number of fused-ring (bicyclic) bond motifs is 1. The number of hydrogen-bond acceptors (Lipinski definition) is 2. The average molecular weight is 271 g/mol. The number of nitrogens with zero attached hydrogens (tertiary/aromatic N) is 2. The summed E-state index contributed by atoms with van der Waals surface area (Å²) in [5.74, 6) is 0.830. The van der Waals surface area contributed by atoms with Gasteiger partial charge in [0.15, 0.2) is 0 Å². The molecule has 0 saturated heterocycles. The summed E-state index contributed by atoms with van der Waals surface area (Å²) < 4.78 is 25.0. The molecule has 0 saturated carbocycles. The second-order valence-corrected chi connectivity index (χ2v) is 4.27. The first-order valence-corrected chi connectivity index (χ1v) is 6.19. The van der Waals surface area contributed by atoms with E-state index in [0.717, 1.165) is 10.9 Å². The van der Waals surface area contributed by atoms with Crippen molar-refractivity contribution >= 4 is 28.3 Å². The number of para-hydroxylation sites is 1. The zero-order chi connectivity index (χ0) is 13.0. The molecule has 0 spiro atoms. The number of benzene rings is 1. The van der Waals surface area contributed by atoms with Gasteiger partial charge in [-0.15, -0.1) is 11.6 Å². The lowest BCUT2D eigenvalue weighted by atomic mass is 10.2. The van der Waals surface area contributed by atoms with Gasteiger partial charge in [0.2, 0.25) is 0 Å². The summed E-state index contributed by atoms with van der Waals surface area (Å²) in [6.45, 7) is 0.00922. The molecule has 0 aliphatic carbocycles. The van der Waals surface area contributed by atoms with Crippen LogP contribution in [0.25, 0.3) is 10.9 Å². The highest BCUT2D eigenvalue weighted by Crippen LogP contribution is 2.18. The van der Waals surface area contributed by atoms with E-state index in [2.05, 4.69) is 4.98 Å². The molecule has 1 aromatic heterocycles. The van der Waals surface area contributed by atoms with E-state index >= 15 is 0 Å². The molecule has 0 aliphatic rings. The standard InChI is InChI=1S/C13H13ClF2N2/c14-7-8-18(9-12(15)16)13-6-5-10-3-1-2-4-11(10)17-13/h1-6,12H,7-9H2. The average Bonchev–Trinajstić information content (AvgIpc) is 2.37. The fourth-order valence-electron chi connectivity index (χ4n) is 1.80. The molecule has 96 valence electrons. The first-order chi connectivity index (χ1) is 8.70. The predicted molar refractivity (Wildman–Crippen MR) is 70.7 cm³/mol. The highest BCUT2D eigenvalue weighted by Gasteiger charge is 2.13. The SMILES string of the molecule is FC(F)CN(CCCl)c1ccc2ccccc2n1. The highest BCUT2D eigenvalue weighted by atomic mass is 35.5. The molecule has 0 radical (unpaired) electrons. The molecule has 0 N–H and O–H groups in total. The Kier molecular flexibility index (Phi) is 4.31. The Morgan fingerprint density at radius 2 is 1.94 bits per heavy atom. The van der Waals surface area contributed by atoms with Crippen LogP contribution in [0.1, 0.15) is 0 Å². The van der Waals surface area contributed by atoms with Crippen molar-refractivity contribution in [3.8, 4) is 0 Å². The van der Waals surface area contributed by atoms with Gasteiger partial charge in [0, 0.05) is 17.8 Å². The van der Waals surface area contributed by atoms with Crippen LogP contribution in [-0.2, 0) is 0 Å². The van der Waals surface area contributed by atoms with Crippen molar-refractivity contribution in [3.63, 3.8) is 0 Å². The summed E-state index contributed by atoms with van der Waals surface area (Å²) in [5, 5.41) is 0.990. The second-order valence-electron chi connectivity index (χ2n) is 3.89. The van der Waals surface area contributed by atoms with Gasteiger partial charge in [0.25, 0.3) is 6.43 Å². The van der Waals surface area contributed by atoms with E-state index in [0.29, 0.717) is 18.2 Å². The summed E-state index contributed by atoms with van der Waals surface area (Å²) in [4.78, 5) is 5.89. The monoisotopic (exact) mass is 270 g/mol. The molecular formula is C13H13ClF2N2. The second kappa shape index (κ2) is 5.96. The number of pyridine rings is 1. The zero-order valence-electron chi connectivity index (χ0n) is 9.69. The third kappa shape index (κ3) is 3.07. The van der Waals surface area contributed by atoms with E-state index in [4.69, 9.17) is 11.6 Å².